The lowest BCUT2D eigenvalue weighted by Crippen LogP contribution is -2.15. The molecule has 146 valence electrons. The largest absolute Gasteiger partial charge is 0.493 e. The van der Waals surface area contributed by atoms with E-state index >= 15 is 0 Å². The van der Waals surface area contributed by atoms with Gasteiger partial charge in [-0.05, 0) is 24.1 Å². The van der Waals surface area contributed by atoms with Crippen LogP contribution in [0.25, 0.3) is 10.2 Å². The molecule has 1 amide bonds. The molecular weight excluding hydrogens is 380 g/mol. The van der Waals surface area contributed by atoms with Crippen molar-refractivity contribution in [3.63, 3.8) is 0 Å². The molecule has 2 aromatic carbocycles. The minimum Gasteiger partial charge on any atom is -0.493 e. The number of nitrogens with zero attached hydrogens (tertiary/aromatic N) is 1. The molecule has 0 saturated carbocycles. The monoisotopic (exact) mass is 400 g/mol. The third kappa shape index (κ3) is 3.82. The zero-order valence-corrected chi connectivity index (χ0v) is 16.4. The molecule has 0 aliphatic carbocycles. The van der Waals surface area contributed by atoms with E-state index < -0.39 is 0 Å². The number of amides is 1. The number of fused-ring (bicyclic) bond motifs is 2. The zero-order valence-electron chi connectivity index (χ0n) is 15.6. The summed E-state index contributed by atoms with van der Waals surface area (Å²) < 4.78 is 22.6. The van der Waals surface area contributed by atoms with E-state index in [2.05, 4.69) is 10.3 Å². The maximum atomic E-state index is 12.3. The number of aromatic nitrogens is 1. The van der Waals surface area contributed by atoms with Gasteiger partial charge in [-0.25, -0.2) is 4.98 Å². The number of aryl methyl sites for hydroxylation is 1. The average molecular weight is 400 g/mol. The molecule has 0 unspecified atom stereocenters. The Hall–Kier alpha value is -3.00. The lowest BCUT2D eigenvalue weighted by atomic mass is 10.1. The topological polar surface area (TPSA) is 78.9 Å². The van der Waals surface area contributed by atoms with Gasteiger partial charge in [0.05, 0.1) is 24.4 Å². The summed E-state index contributed by atoms with van der Waals surface area (Å²) in [7, 11) is 3.19. The Morgan fingerprint density at radius 3 is 2.61 bits per heavy atom. The Labute approximate surface area is 166 Å². The number of methoxy groups -OCH3 is 2. The van der Waals surface area contributed by atoms with Crippen LogP contribution in [0.15, 0.2) is 30.3 Å². The molecule has 8 heteroatoms. The van der Waals surface area contributed by atoms with Gasteiger partial charge in [0, 0.05) is 18.6 Å². The second-order valence-corrected chi connectivity index (χ2v) is 7.25. The van der Waals surface area contributed by atoms with Gasteiger partial charge in [0.2, 0.25) is 5.91 Å². The molecule has 7 nitrogen and oxygen atoms in total. The number of carbonyl (C=O) groups is 1. The second-order valence-electron chi connectivity index (χ2n) is 6.22. The first kappa shape index (κ1) is 18.4. The minimum absolute atomic E-state index is 0.0916. The molecule has 0 atom stereocenters. The lowest BCUT2D eigenvalue weighted by Gasteiger charge is -2.17. The molecule has 0 saturated heterocycles. The van der Waals surface area contributed by atoms with Gasteiger partial charge in [0.1, 0.15) is 13.2 Å². The zero-order chi connectivity index (χ0) is 19.5. The number of thiazole rings is 1. The Kier molecular flexibility index (Phi) is 5.21. The smallest absolute Gasteiger partial charge is 0.226 e. The van der Waals surface area contributed by atoms with E-state index in [1.54, 1.807) is 14.2 Å². The van der Waals surface area contributed by atoms with E-state index in [4.69, 9.17) is 18.9 Å². The third-order valence-corrected chi connectivity index (χ3v) is 5.32. The lowest BCUT2D eigenvalue weighted by molar-refractivity contribution is -0.116. The Morgan fingerprint density at radius 2 is 1.86 bits per heavy atom. The van der Waals surface area contributed by atoms with E-state index in [1.807, 2.05) is 30.3 Å². The molecule has 1 aliphatic rings. The van der Waals surface area contributed by atoms with E-state index in [-0.39, 0.29) is 5.91 Å². The maximum absolute atomic E-state index is 12.3. The molecule has 0 spiro atoms. The van der Waals surface area contributed by atoms with Crippen LogP contribution in [0.1, 0.15) is 12.0 Å². The van der Waals surface area contributed by atoms with Crippen LogP contribution in [0, 0.1) is 0 Å². The normalized spacial score (nSPS) is 12.6. The Morgan fingerprint density at radius 1 is 1.11 bits per heavy atom. The highest BCUT2D eigenvalue weighted by molar-refractivity contribution is 7.22. The van der Waals surface area contributed by atoms with Gasteiger partial charge in [-0.1, -0.05) is 17.4 Å². The molecule has 2 heterocycles. The second kappa shape index (κ2) is 7.93. The Balaban J connectivity index is 1.41. The summed E-state index contributed by atoms with van der Waals surface area (Å²) in [5, 5.41) is 3.44. The van der Waals surface area contributed by atoms with Gasteiger partial charge in [-0.15, -0.1) is 0 Å². The number of carbonyl (C=O) groups excluding carboxylic acids is 1. The molecule has 28 heavy (non-hydrogen) atoms. The average Bonchev–Trinajstić information content (AvgIpc) is 3.10. The summed E-state index contributed by atoms with van der Waals surface area (Å²) >= 11 is 1.42. The molecule has 0 fully saturated rings. The first-order valence-corrected chi connectivity index (χ1v) is 9.69. The number of hydrogen-bond acceptors (Lipinski definition) is 7. The maximum Gasteiger partial charge on any atom is 0.226 e. The summed E-state index contributed by atoms with van der Waals surface area (Å²) in [6.45, 7) is 1.07. The quantitative estimate of drug-likeness (QED) is 0.680. The number of anilines is 1. The SMILES string of the molecule is COc1ccc(CCC(=O)Nc2nc3cc4c(cc3s2)OCCO4)cc1OC. The fraction of sp³-hybridized carbons (Fsp3) is 0.300. The number of rotatable bonds is 6. The molecule has 0 bridgehead atoms. The highest BCUT2D eigenvalue weighted by atomic mass is 32.1. The van der Waals surface area contributed by atoms with Gasteiger partial charge >= 0.3 is 0 Å². The van der Waals surface area contributed by atoms with Gasteiger partial charge in [-0.2, -0.15) is 0 Å². The van der Waals surface area contributed by atoms with Crippen molar-refractivity contribution in [3.05, 3.63) is 35.9 Å². The standard InChI is InChI=1S/C20H20N2O5S/c1-24-14-5-3-12(9-15(14)25-2)4-6-19(23)22-20-21-13-10-16-17(11-18(13)28-20)27-8-7-26-16/h3,5,9-11H,4,6-8H2,1-2H3,(H,21,22,23). The first-order valence-electron chi connectivity index (χ1n) is 8.87. The van der Waals surface area contributed by atoms with Gasteiger partial charge in [0.25, 0.3) is 0 Å². The van der Waals surface area contributed by atoms with E-state index in [0.717, 1.165) is 15.8 Å². The van der Waals surface area contributed by atoms with E-state index in [0.29, 0.717) is 54.2 Å². The molecule has 0 radical (unpaired) electrons. The fourth-order valence-electron chi connectivity index (χ4n) is 2.99. The van der Waals surface area contributed by atoms with Crippen LogP contribution in [0.3, 0.4) is 0 Å². The van der Waals surface area contributed by atoms with Crippen molar-refractivity contribution < 1.29 is 23.7 Å². The molecular formula is C20H20N2O5S. The molecule has 4 rings (SSSR count). The van der Waals surface area contributed by atoms with Crippen molar-refractivity contribution in [1.29, 1.82) is 0 Å². The number of hydrogen-bond donors (Lipinski definition) is 1. The number of benzene rings is 2. The number of nitrogens with one attached hydrogen (secondary N) is 1. The first-order chi connectivity index (χ1) is 13.7. The van der Waals surface area contributed by atoms with Crippen molar-refractivity contribution in [2.75, 3.05) is 32.8 Å². The van der Waals surface area contributed by atoms with Crippen molar-refractivity contribution in [2.45, 2.75) is 12.8 Å². The van der Waals surface area contributed by atoms with Crippen LogP contribution in [-0.2, 0) is 11.2 Å². The van der Waals surface area contributed by atoms with Crippen LogP contribution in [-0.4, -0.2) is 38.3 Å². The summed E-state index contributed by atoms with van der Waals surface area (Å²) in [5.41, 5.74) is 1.78. The van der Waals surface area contributed by atoms with Crippen molar-refractivity contribution in [1.82, 2.24) is 4.98 Å². The van der Waals surface area contributed by atoms with Crippen LogP contribution >= 0.6 is 11.3 Å². The van der Waals surface area contributed by atoms with E-state index in [9.17, 15) is 4.79 Å². The van der Waals surface area contributed by atoms with Crippen LogP contribution in [0.5, 0.6) is 23.0 Å². The van der Waals surface area contributed by atoms with Gasteiger partial charge in [0.15, 0.2) is 28.1 Å². The van der Waals surface area contributed by atoms with Crippen molar-refractivity contribution in [3.8, 4) is 23.0 Å². The fourth-order valence-corrected chi connectivity index (χ4v) is 3.89. The summed E-state index contributed by atoms with van der Waals surface area (Å²) in [6, 6.07) is 9.40. The van der Waals surface area contributed by atoms with Crippen molar-refractivity contribution in [2.24, 2.45) is 0 Å². The summed E-state index contributed by atoms with van der Waals surface area (Å²) in [5.74, 6) is 2.64. The molecule has 1 aliphatic heterocycles. The predicted octanol–water partition coefficient (Wildman–Crippen LogP) is 3.66. The van der Waals surface area contributed by atoms with E-state index in [1.165, 1.54) is 11.3 Å². The van der Waals surface area contributed by atoms with Crippen LogP contribution in [0.2, 0.25) is 0 Å². The highest BCUT2D eigenvalue weighted by Crippen LogP contribution is 2.37. The minimum atomic E-state index is -0.0916. The molecule has 3 aromatic rings. The van der Waals surface area contributed by atoms with Crippen molar-refractivity contribution >= 4 is 32.6 Å². The third-order valence-electron chi connectivity index (χ3n) is 4.39. The number of ether oxygens (including phenoxy) is 4. The van der Waals surface area contributed by atoms with Crippen LogP contribution < -0.4 is 24.3 Å². The summed E-state index contributed by atoms with van der Waals surface area (Å²) in [4.78, 5) is 16.8. The predicted molar refractivity (Wildman–Crippen MR) is 107 cm³/mol. The van der Waals surface area contributed by atoms with Gasteiger partial charge in [-0.3, -0.25) is 4.79 Å². The van der Waals surface area contributed by atoms with Gasteiger partial charge < -0.3 is 24.3 Å². The Bertz CT molecular complexity index is 974. The highest BCUT2D eigenvalue weighted by Gasteiger charge is 2.16. The molecule has 1 N–H and O–H groups in total. The molecule has 1 aromatic heterocycles. The van der Waals surface area contributed by atoms with Crippen LogP contribution in [0.4, 0.5) is 5.13 Å². The summed E-state index contributed by atoms with van der Waals surface area (Å²) in [6.07, 6.45) is 0.932.